The Bertz CT molecular complexity index is 3410. The molecular formula is C55H37N3. The highest BCUT2D eigenvalue weighted by Crippen LogP contribution is 2.37. The van der Waals surface area contributed by atoms with Crippen LogP contribution in [-0.2, 0) is 0 Å². The molecule has 2 unspecified atom stereocenters. The highest BCUT2D eigenvalue weighted by Gasteiger charge is 2.21. The first-order chi connectivity index (χ1) is 28.7. The number of rotatable bonds is 4. The van der Waals surface area contributed by atoms with Gasteiger partial charge in [-0.25, -0.2) is 4.98 Å². The Morgan fingerprint density at radius 2 is 1.22 bits per heavy atom. The summed E-state index contributed by atoms with van der Waals surface area (Å²) in [6, 6.07) is 50.2. The van der Waals surface area contributed by atoms with Gasteiger partial charge in [-0.3, -0.25) is 4.98 Å². The Balaban J connectivity index is 0.832. The van der Waals surface area contributed by atoms with Gasteiger partial charge >= 0.3 is 0 Å². The van der Waals surface area contributed by atoms with Crippen molar-refractivity contribution in [2.24, 2.45) is 11.8 Å². The summed E-state index contributed by atoms with van der Waals surface area (Å²) in [6.07, 6.45) is 24.1. The van der Waals surface area contributed by atoms with Crippen LogP contribution in [0.3, 0.4) is 0 Å². The maximum Gasteiger partial charge on any atom is 0.0979 e. The van der Waals surface area contributed by atoms with Gasteiger partial charge in [0.25, 0.3) is 0 Å². The number of fused-ring (bicyclic) bond motifs is 11. The topological polar surface area (TPSA) is 30.7 Å². The maximum absolute atomic E-state index is 5.26. The van der Waals surface area contributed by atoms with Crippen molar-refractivity contribution in [2.75, 3.05) is 0 Å². The average molecular weight is 740 g/mol. The molecule has 3 nitrogen and oxygen atoms in total. The molecule has 272 valence electrons. The second-order valence-corrected chi connectivity index (χ2v) is 15.7. The molecule has 0 N–H and O–H groups in total. The molecule has 12 rings (SSSR count). The summed E-state index contributed by atoms with van der Waals surface area (Å²) in [4.78, 5) is 10.3. The monoisotopic (exact) mass is 739 g/mol. The van der Waals surface area contributed by atoms with Gasteiger partial charge in [-0.05, 0) is 80.2 Å². The van der Waals surface area contributed by atoms with Gasteiger partial charge < -0.3 is 4.57 Å². The second-order valence-electron chi connectivity index (χ2n) is 15.7. The predicted octanol–water partition coefficient (Wildman–Crippen LogP) is 12.0. The van der Waals surface area contributed by atoms with E-state index in [-0.39, 0.29) is 5.92 Å². The molecule has 0 saturated carbocycles. The van der Waals surface area contributed by atoms with Gasteiger partial charge in [0.15, 0.2) is 0 Å². The van der Waals surface area contributed by atoms with E-state index in [0.29, 0.717) is 5.92 Å². The van der Waals surface area contributed by atoms with Crippen molar-refractivity contribution >= 4 is 72.1 Å². The van der Waals surface area contributed by atoms with Gasteiger partial charge in [-0.2, -0.15) is 0 Å². The number of para-hydroxylation sites is 2. The van der Waals surface area contributed by atoms with E-state index >= 15 is 0 Å². The summed E-state index contributed by atoms with van der Waals surface area (Å²) < 4.78 is 2.41. The first kappa shape index (κ1) is 32.8. The summed E-state index contributed by atoms with van der Waals surface area (Å²) >= 11 is 0. The molecule has 0 spiro atoms. The molecule has 2 atom stereocenters. The summed E-state index contributed by atoms with van der Waals surface area (Å²) in [7, 11) is 0. The Morgan fingerprint density at radius 1 is 0.552 bits per heavy atom. The third kappa shape index (κ3) is 5.28. The van der Waals surface area contributed by atoms with Crippen LogP contribution in [-0.4, -0.2) is 14.5 Å². The lowest BCUT2D eigenvalue weighted by Gasteiger charge is -2.22. The normalized spacial score (nSPS) is 17.3. The number of hydrogen-bond acceptors (Lipinski definition) is 2. The summed E-state index contributed by atoms with van der Waals surface area (Å²) in [5, 5.41) is 9.85. The van der Waals surface area contributed by atoms with E-state index in [4.69, 9.17) is 9.97 Å². The van der Waals surface area contributed by atoms with Crippen LogP contribution in [0.4, 0.5) is 0 Å². The molecule has 7 aromatic carbocycles. The zero-order chi connectivity index (χ0) is 38.2. The van der Waals surface area contributed by atoms with Crippen LogP contribution >= 0.6 is 0 Å². The lowest BCUT2D eigenvalue weighted by atomic mass is 9.82. The molecule has 0 fully saturated rings. The van der Waals surface area contributed by atoms with Gasteiger partial charge in [0.1, 0.15) is 0 Å². The Hall–Kier alpha value is -7.36. The molecule has 0 saturated heterocycles. The molecule has 0 aliphatic heterocycles. The molecule has 2 aromatic heterocycles. The predicted molar refractivity (Wildman–Crippen MR) is 243 cm³/mol. The molecular weight excluding hydrogens is 703 g/mol. The third-order valence-corrected chi connectivity index (χ3v) is 12.4. The first-order valence-electron chi connectivity index (χ1n) is 20.2. The fraction of sp³-hybridized carbons (Fsp3) is 0.0545. The summed E-state index contributed by atoms with van der Waals surface area (Å²) in [5.41, 5.74) is 12.5. The van der Waals surface area contributed by atoms with Crippen molar-refractivity contribution in [1.29, 1.82) is 0 Å². The molecule has 2 heterocycles. The summed E-state index contributed by atoms with van der Waals surface area (Å²) in [5.74, 6) is 0.558. The van der Waals surface area contributed by atoms with Crippen LogP contribution < -0.4 is 10.4 Å². The van der Waals surface area contributed by atoms with E-state index in [1.807, 2.05) is 6.20 Å². The van der Waals surface area contributed by atoms with Gasteiger partial charge in [0, 0.05) is 44.6 Å². The second kappa shape index (κ2) is 13.1. The highest BCUT2D eigenvalue weighted by molar-refractivity contribution is 6.23. The van der Waals surface area contributed by atoms with Crippen molar-refractivity contribution in [3.8, 4) is 16.9 Å². The maximum atomic E-state index is 5.26. The van der Waals surface area contributed by atoms with Gasteiger partial charge in [-0.1, -0.05) is 164 Å². The number of hydrogen-bond donors (Lipinski definition) is 0. The lowest BCUT2D eigenvalue weighted by molar-refractivity contribution is 0.823. The van der Waals surface area contributed by atoms with Gasteiger partial charge in [-0.15, -0.1) is 0 Å². The zero-order valence-corrected chi connectivity index (χ0v) is 31.8. The van der Waals surface area contributed by atoms with Crippen molar-refractivity contribution < 1.29 is 0 Å². The third-order valence-electron chi connectivity index (χ3n) is 12.4. The minimum Gasteiger partial charge on any atom is -0.309 e. The fourth-order valence-corrected chi connectivity index (χ4v) is 9.53. The molecule has 0 amide bonds. The van der Waals surface area contributed by atoms with Crippen LogP contribution in [0.25, 0.3) is 89.1 Å². The van der Waals surface area contributed by atoms with Gasteiger partial charge in [0.2, 0.25) is 0 Å². The molecule has 58 heavy (non-hydrogen) atoms. The average Bonchev–Trinajstić information content (AvgIpc) is 3.47. The SMILES string of the molecule is C1=CC2C=C(C3C=c4ccc(-n5c6ccccc6c6ccccc65)cc4=CC3)C=CC2=CC(c2cccc(-c3cnc4c5ccccc5c5ccccc5c4n3)c2)=C1. The largest absolute Gasteiger partial charge is 0.309 e. The molecule has 0 bridgehead atoms. The van der Waals surface area contributed by atoms with Crippen LogP contribution in [0.5, 0.6) is 0 Å². The molecule has 3 heteroatoms. The standard InChI is InChI=1S/C55H37N3/c1-3-19-49-45(15-1)46-16-2-4-20-50(46)55-54(49)56-34-51(57-55)43-14-10-13-37(32-43)35-11-9-12-36-30-39(24-23-38(36)29-35)40-25-26-42-33-44(28-27-41(42)31-40)58-52-21-7-5-17-47(52)48-18-6-8-22-53(48)58/h1-24,26-34,36,40H,25H2. The minimum absolute atomic E-state index is 0.221. The van der Waals surface area contributed by atoms with Crippen molar-refractivity contribution in [2.45, 2.75) is 6.42 Å². The van der Waals surface area contributed by atoms with Crippen LogP contribution in [0, 0.1) is 11.8 Å². The number of allylic oxidation sites excluding steroid dienone is 10. The van der Waals surface area contributed by atoms with Crippen LogP contribution in [0.2, 0.25) is 0 Å². The van der Waals surface area contributed by atoms with Crippen molar-refractivity contribution in [1.82, 2.24) is 14.5 Å². The van der Waals surface area contributed by atoms with E-state index in [1.54, 1.807) is 0 Å². The molecule has 9 aromatic rings. The zero-order valence-electron chi connectivity index (χ0n) is 31.8. The number of aromatic nitrogens is 3. The van der Waals surface area contributed by atoms with E-state index < -0.39 is 0 Å². The molecule has 3 aliphatic rings. The van der Waals surface area contributed by atoms with Crippen LogP contribution in [0.15, 0.2) is 199 Å². The van der Waals surface area contributed by atoms with E-state index in [0.717, 1.165) is 45.0 Å². The van der Waals surface area contributed by atoms with Gasteiger partial charge in [0.05, 0.1) is 34.0 Å². The summed E-state index contributed by atoms with van der Waals surface area (Å²) in [6.45, 7) is 0. The van der Waals surface area contributed by atoms with E-state index in [1.165, 1.54) is 65.4 Å². The number of benzene rings is 7. The van der Waals surface area contributed by atoms with E-state index in [2.05, 4.69) is 199 Å². The lowest BCUT2D eigenvalue weighted by Crippen LogP contribution is -2.30. The molecule has 3 aliphatic carbocycles. The van der Waals surface area contributed by atoms with Crippen molar-refractivity contribution in [3.63, 3.8) is 0 Å². The highest BCUT2D eigenvalue weighted by atomic mass is 15.0. The first-order valence-corrected chi connectivity index (χ1v) is 20.2. The van der Waals surface area contributed by atoms with Crippen LogP contribution in [0.1, 0.15) is 12.0 Å². The molecule has 0 radical (unpaired) electrons. The van der Waals surface area contributed by atoms with E-state index in [9.17, 15) is 0 Å². The number of nitrogens with zero attached hydrogens (tertiary/aromatic N) is 3. The quantitative estimate of drug-likeness (QED) is 0.168. The van der Waals surface area contributed by atoms with Crippen molar-refractivity contribution in [3.05, 3.63) is 215 Å². The fourth-order valence-electron chi connectivity index (χ4n) is 9.53. The Morgan fingerprint density at radius 3 is 2.00 bits per heavy atom. The Kier molecular flexibility index (Phi) is 7.42. The minimum atomic E-state index is 0.221. The smallest absolute Gasteiger partial charge is 0.0979 e. The Labute approximate surface area is 335 Å².